The molecule has 82 valence electrons. The van der Waals surface area contributed by atoms with Crippen molar-refractivity contribution in [3.63, 3.8) is 0 Å². The van der Waals surface area contributed by atoms with E-state index in [1.54, 1.807) is 0 Å². The first kappa shape index (κ1) is 11.5. The third-order valence-electron chi connectivity index (χ3n) is 2.84. The van der Waals surface area contributed by atoms with Crippen molar-refractivity contribution >= 4 is 5.91 Å². The number of piperazine rings is 1. The number of hydrogen-bond acceptors (Lipinski definition) is 2. The molecule has 0 aromatic heterocycles. The van der Waals surface area contributed by atoms with Crippen LogP contribution in [0.5, 0.6) is 0 Å². The molecule has 3 heteroatoms. The molecular formula is C11H22N2O. The van der Waals surface area contributed by atoms with Crippen LogP contribution in [0.25, 0.3) is 0 Å². The Bertz CT molecular complexity index is 213. The Kier molecular flexibility index (Phi) is 3.53. The zero-order chi connectivity index (χ0) is 10.8. The Labute approximate surface area is 86.9 Å². The van der Waals surface area contributed by atoms with E-state index in [4.69, 9.17) is 0 Å². The third kappa shape index (κ3) is 2.47. The molecule has 1 amide bonds. The number of carbonyl (C=O) groups excluding carboxylic acids is 1. The van der Waals surface area contributed by atoms with Crippen LogP contribution in [0, 0.1) is 0 Å². The lowest BCUT2D eigenvalue weighted by atomic mass is 9.97. The first-order valence-corrected chi connectivity index (χ1v) is 5.51. The quantitative estimate of drug-likeness (QED) is 0.727. The molecule has 1 atom stereocenters. The summed E-state index contributed by atoms with van der Waals surface area (Å²) in [5, 5.41) is 3.41. The molecule has 1 unspecified atom stereocenters. The summed E-state index contributed by atoms with van der Waals surface area (Å²) >= 11 is 0. The summed E-state index contributed by atoms with van der Waals surface area (Å²) in [7, 11) is 0. The van der Waals surface area contributed by atoms with Crippen LogP contribution in [0.4, 0.5) is 0 Å². The molecule has 0 spiro atoms. The normalized spacial score (nSPS) is 26.3. The Morgan fingerprint density at radius 2 is 2.21 bits per heavy atom. The molecular weight excluding hydrogens is 176 g/mol. The predicted molar refractivity (Wildman–Crippen MR) is 58.2 cm³/mol. The fraction of sp³-hybridized carbons (Fsp3) is 0.909. The van der Waals surface area contributed by atoms with Crippen molar-refractivity contribution in [2.24, 2.45) is 0 Å². The average Bonchev–Trinajstić information content (AvgIpc) is 2.10. The zero-order valence-corrected chi connectivity index (χ0v) is 9.76. The third-order valence-corrected chi connectivity index (χ3v) is 2.84. The van der Waals surface area contributed by atoms with Gasteiger partial charge in [0.25, 0.3) is 0 Å². The second-order valence-electron chi connectivity index (χ2n) is 4.85. The van der Waals surface area contributed by atoms with Gasteiger partial charge in [-0.15, -0.1) is 0 Å². The van der Waals surface area contributed by atoms with Gasteiger partial charge in [-0.3, -0.25) is 4.79 Å². The average molecular weight is 198 g/mol. The lowest BCUT2D eigenvalue weighted by Gasteiger charge is -2.45. The number of hydrogen-bond donors (Lipinski definition) is 1. The van der Waals surface area contributed by atoms with Crippen LogP contribution in [-0.4, -0.2) is 35.5 Å². The fourth-order valence-corrected chi connectivity index (χ4v) is 1.89. The largest absolute Gasteiger partial charge is 0.335 e. The van der Waals surface area contributed by atoms with Gasteiger partial charge in [-0.2, -0.15) is 0 Å². The highest BCUT2D eigenvalue weighted by Crippen LogP contribution is 2.19. The summed E-state index contributed by atoms with van der Waals surface area (Å²) in [5.41, 5.74) is -0.0290. The summed E-state index contributed by atoms with van der Waals surface area (Å²) < 4.78 is 0. The molecule has 0 aliphatic carbocycles. The molecule has 3 nitrogen and oxygen atoms in total. The van der Waals surface area contributed by atoms with Crippen molar-refractivity contribution in [3.05, 3.63) is 0 Å². The van der Waals surface area contributed by atoms with Gasteiger partial charge in [-0.05, 0) is 27.2 Å². The van der Waals surface area contributed by atoms with E-state index < -0.39 is 0 Å². The van der Waals surface area contributed by atoms with Crippen LogP contribution in [0.3, 0.4) is 0 Å². The highest BCUT2D eigenvalue weighted by molar-refractivity contribution is 5.77. The van der Waals surface area contributed by atoms with Crippen molar-refractivity contribution in [3.8, 4) is 0 Å². The molecule has 0 radical (unpaired) electrons. The minimum absolute atomic E-state index is 0.0290. The van der Waals surface area contributed by atoms with E-state index in [1.165, 1.54) is 0 Å². The van der Waals surface area contributed by atoms with Crippen LogP contribution in [0.15, 0.2) is 0 Å². The maximum atomic E-state index is 11.9. The van der Waals surface area contributed by atoms with E-state index in [0.29, 0.717) is 18.4 Å². The van der Waals surface area contributed by atoms with E-state index in [-0.39, 0.29) is 5.54 Å². The van der Waals surface area contributed by atoms with Gasteiger partial charge >= 0.3 is 0 Å². The Hall–Kier alpha value is -0.570. The van der Waals surface area contributed by atoms with Crippen molar-refractivity contribution in [2.45, 2.75) is 52.1 Å². The van der Waals surface area contributed by atoms with Crippen molar-refractivity contribution < 1.29 is 4.79 Å². The molecule has 1 aliphatic heterocycles. The van der Waals surface area contributed by atoms with Crippen LogP contribution >= 0.6 is 0 Å². The molecule has 0 saturated carbocycles. The van der Waals surface area contributed by atoms with E-state index in [1.807, 2.05) is 4.90 Å². The Balaban J connectivity index is 2.67. The van der Waals surface area contributed by atoms with Gasteiger partial charge in [0.05, 0.1) is 0 Å². The van der Waals surface area contributed by atoms with Gasteiger partial charge in [0.1, 0.15) is 0 Å². The highest BCUT2D eigenvalue weighted by atomic mass is 16.2. The van der Waals surface area contributed by atoms with Gasteiger partial charge in [-0.1, -0.05) is 6.92 Å². The van der Waals surface area contributed by atoms with E-state index >= 15 is 0 Å². The Morgan fingerprint density at radius 3 is 2.79 bits per heavy atom. The number of carbonyl (C=O) groups is 1. The number of nitrogens with one attached hydrogen (secondary N) is 1. The van der Waals surface area contributed by atoms with Crippen LogP contribution < -0.4 is 5.32 Å². The zero-order valence-electron chi connectivity index (χ0n) is 9.76. The summed E-state index contributed by atoms with van der Waals surface area (Å²) in [5.74, 6) is 0.297. The first-order valence-electron chi connectivity index (χ1n) is 5.51. The van der Waals surface area contributed by atoms with Crippen molar-refractivity contribution in [2.75, 3.05) is 13.1 Å². The molecule has 1 fully saturated rings. The summed E-state index contributed by atoms with van der Waals surface area (Å²) in [6.45, 7) is 10.2. The standard InChI is InChI=1S/C11H22N2O/c1-5-6-10(14)13-7-9(2)12-8-11(13,3)4/h9,12H,5-8H2,1-4H3. The van der Waals surface area contributed by atoms with Crippen LogP contribution in [-0.2, 0) is 4.79 Å². The second kappa shape index (κ2) is 4.30. The molecule has 1 saturated heterocycles. The van der Waals surface area contributed by atoms with E-state index in [9.17, 15) is 4.79 Å². The summed E-state index contributed by atoms with van der Waals surface area (Å²) in [6, 6.07) is 0.420. The molecule has 0 aromatic rings. The van der Waals surface area contributed by atoms with Crippen LogP contribution in [0.2, 0.25) is 0 Å². The van der Waals surface area contributed by atoms with Gasteiger partial charge in [0.15, 0.2) is 0 Å². The summed E-state index contributed by atoms with van der Waals surface area (Å²) in [4.78, 5) is 13.9. The topological polar surface area (TPSA) is 32.3 Å². The monoisotopic (exact) mass is 198 g/mol. The van der Waals surface area contributed by atoms with Crippen LogP contribution in [0.1, 0.15) is 40.5 Å². The first-order chi connectivity index (χ1) is 6.47. The Morgan fingerprint density at radius 1 is 1.57 bits per heavy atom. The lowest BCUT2D eigenvalue weighted by Crippen LogP contribution is -2.62. The number of nitrogens with zero attached hydrogens (tertiary/aromatic N) is 1. The predicted octanol–water partition coefficient (Wildman–Crippen LogP) is 1.39. The maximum absolute atomic E-state index is 11.9. The number of rotatable bonds is 2. The van der Waals surface area contributed by atoms with Crippen molar-refractivity contribution in [1.82, 2.24) is 10.2 Å². The molecule has 1 rings (SSSR count). The van der Waals surface area contributed by atoms with Gasteiger partial charge < -0.3 is 10.2 Å². The van der Waals surface area contributed by atoms with Crippen molar-refractivity contribution in [1.29, 1.82) is 0 Å². The number of amides is 1. The second-order valence-corrected chi connectivity index (χ2v) is 4.85. The maximum Gasteiger partial charge on any atom is 0.223 e. The smallest absolute Gasteiger partial charge is 0.223 e. The van der Waals surface area contributed by atoms with E-state index in [0.717, 1.165) is 19.5 Å². The van der Waals surface area contributed by atoms with Gasteiger partial charge in [0.2, 0.25) is 5.91 Å². The molecule has 1 N–H and O–H groups in total. The van der Waals surface area contributed by atoms with Gasteiger partial charge in [0, 0.05) is 31.1 Å². The summed E-state index contributed by atoms with van der Waals surface area (Å²) in [6.07, 6.45) is 1.61. The minimum atomic E-state index is -0.0290. The fourth-order valence-electron chi connectivity index (χ4n) is 1.89. The van der Waals surface area contributed by atoms with Gasteiger partial charge in [-0.25, -0.2) is 0 Å². The molecule has 1 heterocycles. The lowest BCUT2D eigenvalue weighted by molar-refractivity contribution is -0.138. The SMILES string of the molecule is CCCC(=O)N1CC(C)NCC1(C)C. The molecule has 0 aromatic carbocycles. The highest BCUT2D eigenvalue weighted by Gasteiger charge is 2.34. The minimum Gasteiger partial charge on any atom is -0.335 e. The molecule has 0 bridgehead atoms. The van der Waals surface area contributed by atoms with E-state index in [2.05, 4.69) is 33.0 Å². The molecule has 1 aliphatic rings. The molecule has 14 heavy (non-hydrogen) atoms.